The lowest BCUT2D eigenvalue weighted by molar-refractivity contribution is -0.132. The van der Waals surface area contributed by atoms with E-state index in [2.05, 4.69) is 4.72 Å². The van der Waals surface area contributed by atoms with Crippen LogP contribution in [0, 0.1) is 5.92 Å². The number of nitrogens with zero attached hydrogens (tertiary/aromatic N) is 1. The molecule has 3 N–H and O–H groups in total. The molecule has 1 aliphatic rings. The van der Waals surface area contributed by atoms with E-state index in [1.807, 2.05) is 0 Å². The zero-order valence-electron chi connectivity index (χ0n) is 9.73. The van der Waals surface area contributed by atoms with Gasteiger partial charge >= 0.3 is 0 Å². The van der Waals surface area contributed by atoms with Crippen molar-refractivity contribution in [1.29, 1.82) is 0 Å². The third kappa shape index (κ3) is 5.20. The van der Waals surface area contributed by atoms with Crippen LogP contribution in [0.15, 0.2) is 0 Å². The Hall–Kier alpha value is -0.370. The van der Waals surface area contributed by atoms with Gasteiger partial charge in [-0.05, 0) is 25.7 Å². The maximum absolute atomic E-state index is 11.7. The summed E-state index contributed by atoms with van der Waals surface area (Å²) < 4.78 is 23.8. The van der Waals surface area contributed by atoms with E-state index in [4.69, 9.17) is 16.7 Å². The van der Waals surface area contributed by atoms with E-state index in [0.717, 1.165) is 12.8 Å². The van der Waals surface area contributed by atoms with E-state index < -0.39 is 15.6 Å². The molecule has 0 aromatic carbocycles. The summed E-state index contributed by atoms with van der Waals surface area (Å²) in [6, 6.07) is 0. The van der Waals surface area contributed by atoms with Crippen molar-refractivity contribution in [2.24, 2.45) is 11.1 Å². The summed E-state index contributed by atoms with van der Waals surface area (Å²) in [4.78, 5) is 13.4. The van der Waals surface area contributed by atoms with E-state index in [1.165, 1.54) is 0 Å². The van der Waals surface area contributed by atoms with Crippen LogP contribution in [-0.4, -0.2) is 44.2 Å². The molecule has 0 saturated carbocycles. The molecule has 1 saturated heterocycles. The monoisotopic (exact) mass is 283 g/mol. The van der Waals surface area contributed by atoms with Gasteiger partial charge in [-0.25, -0.2) is 9.86 Å². The Balaban J connectivity index is 2.47. The third-order valence-corrected chi connectivity index (χ3v) is 3.50. The van der Waals surface area contributed by atoms with Crippen molar-refractivity contribution >= 4 is 27.7 Å². The molecule has 1 aliphatic heterocycles. The van der Waals surface area contributed by atoms with Crippen molar-refractivity contribution < 1.29 is 13.2 Å². The Kier molecular flexibility index (Phi) is 5.18. The van der Waals surface area contributed by atoms with E-state index in [1.54, 1.807) is 11.8 Å². The van der Waals surface area contributed by atoms with Crippen molar-refractivity contribution in [3.05, 3.63) is 0 Å². The highest BCUT2D eigenvalue weighted by Crippen LogP contribution is 2.17. The standard InChI is InChI=1S/C9H18ClN3O3S/c1-7(10)9(14)13-4-2-3-8(6-13)5-12-17(11,15)16/h7-8,12H,2-6H2,1H3,(H2,11,15,16). The van der Waals surface area contributed by atoms with E-state index >= 15 is 0 Å². The summed E-state index contributed by atoms with van der Waals surface area (Å²) in [6.45, 7) is 3.11. The fraction of sp³-hybridized carbons (Fsp3) is 0.889. The Morgan fingerprint density at radius 2 is 2.29 bits per heavy atom. The van der Waals surface area contributed by atoms with Crippen molar-refractivity contribution in [3.63, 3.8) is 0 Å². The van der Waals surface area contributed by atoms with Gasteiger partial charge in [0.05, 0.1) is 0 Å². The first kappa shape index (κ1) is 14.7. The van der Waals surface area contributed by atoms with Crippen LogP contribution in [0.1, 0.15) is 19.8 Å². The maximum Gasteiger partial charge on any atom is 0.274 e. The molecule has 0 aliphatic carbocycles. The van der Waals surface area contributed by atoms with E-state index in [9.17, 15) is 13.2 Å². The normalized spacial score (nSPS) is 23.5. The summed E-state index contributed by atoms with van der Waals surface area (Å²) in [6.07, 6.45) is 1.73. The minimum Gasteiger partial charge on any atom is -0.341 e. The third-order valence-electron chi connectivity index (χ3n) is 2.74. The second-order valence-electron chi connectivity index (χ2n) is 4.30. The lowest BCUT2D eigenvalue weighted by Gasteiger charge is -2.33. The molecule has 1 fully saturated rings. The molecule has 1 rings (SSSR count). The molecule has 0 aromatic heterocycles. The molecule has 2 atom stereocenters. The highest BCUT2D eigenvalue weighted by atomic mass is 35.5. The molecule has 0 spiro atoms. The Bertz CT molecular complexity index is 372. The van der Waals surface area contributed by atoms with Gasteiger partial charge in [0.15, 0.2) is 0 Å². The number of alkyl halides is 1. The molecule has 1 heterocycles. The molecule has 17 heavy (non-hydrogen) atoms. The van der Waals surface area contributed by atoms with Crippen LogP contribution < -0.4 is 9.86 Å². The van der Waals surface area contributed by atoms with Crippen LogP contribution in [0.25, 0.3) is 0 Å². The minimum atomic E-state index is -3.66. The number of amides is 1. The lowest BCUT2D eigenvalue weighted by Crippen LogP contribution is -2.46. The van der Waals surface area contributed by atoms with Crippen molar-refractivity contribution in [2.75, 3.05) is 19.6 Å². The van der Waals surface area contributed by atoms with E-state index in [0.29, 0.717) is 13.1 Å². The van der Waals surface area contributed by atoms with Gasteiger partial charge in [-0.1, -0.05) is 0 Å². The molecule has 8 heteroatoms. The minimum absolute atomic E-state index is 0.0986. The number of carbonyl (C=O) groups is 1. The van der Waals surface area contributed by atoms with Gasteiger partial charge in [-0.3, -0.25) is 4.79 Å². The second-order valence-corrected chi connectivity index (χ2v) is 6.34. The van der Waals surface area contributed by atoms with Crippen molar-refractivity contribution in [1.82, 2.24) is 9.62 Å². The van der Waals surface area contributed by atoms with Crippen molar-refractivity contribution in [3.8, 4) is 0 Å². The Morgan fingerprint density at radius 1 is 1.65 bits per heavy atom. The topological polar surface area (TPSA) is 92.5 Å². The molecular weight excluding hydrogens is 266 g/mol. The molecule has 100 valence electrons. The fourth-order valence-corrected chi connectivity index (χ4v) is 2.52. The highest BCUT2D eigenvalue weighted by Gasteiger charge is 2.26. The number of nitrogens with two attached hydrogens (primary N) is 1. The number of halogens is 1. The fourth-order valence-electron chi connectivity index (χ4n) is 1.92. The number of hydrogen-bond donors (Lipinski definition) is 2. The predicted octanol–water partition coefficient (Wildman–Crippen LogP) is -0.355. The number of rotatable bonds is 4. The van der Waals surface area contributed by atoms with Gasteiger partial charge in [-0.15, -0.1) is 11.6 Å². The van der Waals surface area contributed by atoms with Crippen LogP contribution in [-0.2, 0) is 15.0 Å². The van der Waals surface area contributed by atoms with Gasteiger partial charge < -0.3 is 4.90 Å². The summed E-state index contributed by atoms with van der Waals surface area (Å²) >= 11 is 5.74. The zero-order chi connectivity index (χ0) is 13.1. The van der Waals surface area contributed by atoms with Gasteiger partial charge in [0.1, 0.15) is 5.38 Å². The quantitative estimate of drug-likeness (QED) is 0.691. The summed E-state index contributed by atoms with van der Waals surface area (Å²) in [5.74, 6) is -0.00610. The number of likely N-dealkylation sites (tertiary alicyclic amines) is 1. The molecule has 0 aromatic rings. The second kappa shape index (κ2) is 5.99. The molecule has 1 amide bonds. The first-order chi connectivity index (χ1) is 7.79. The van der Waals surface area contributed by atoms with Crippen LogP contribution in [0.5, 0.6) is 0 Å². The number of hydrogen-bond acceptors (Lipinski definition) is 3. The SMILES string of the molecule is CC(Cl)C(=O)N1CCCC(CNS(N)(=O)=O)C1. The predicted molar refractivity (Wildman–Crippen MR) is 65.7 cm³/mol. The van der Waals surface area contributed by atoms with Gasteiger partial charge in [0.25, 0.3) is 10.2 Å². The largest absolute Gasteiger partial charge is 0.341 e. The van der Waals surface area contributed by atoms with Crippen molar-refractivity contribution in [2.45, 2.75) is 25.1 Å². The van der Waals surface area contributed by atoms with Crippen LogP contribution in [0.4, 0.5) is 0 Å². The first-order valence-corrected chi connectivity index (χ1v) is 7.48. The first-order valence-electron chi connectivity index (χ1n) is 5.50. The Morgan fingerprint density at radius 3 is 2.82 bits per heavy atom. The Labute approximate surface area is 107 Å². The lowest BCUT2D eigenvalue weighted by atomic mass is 9.98. The van der Waals surface area contributed by atoms with Gasteiger partial charge in [0, 0.05) is 19.6 Å². The van der Waals surface area contributed by atoms with Gasteiger partial charge in [-0.2, -0.15) is 8.42 Å². The molecule has 0 radical (unpaired) electrons. The van der Waals surface area contributed by atoms with Gasteiger partial charge in [0.2, 0.25) is 5.91 Å². The maximum atomic E-state index is 11.7. The van der Waals surface area contributed by atoms with Crippen LogP contribution in [0.2, 0.25) is 0 Å². The number of nitrogens with one attached hydrogen (secondary N) is 1. The number of carbonyl (C=O) groups excluding carboxylic acids is 1. The highest BCUT2D eigenvalue weighted by molar-refractivity contribution is 7.87. The molecular formula is C9H18ClN3O3S. The summed E-state index contributed by atoms with van der Waals surface area (Å²) in [5, 5.41) is 4.31. The zero-order valence-corrected chi connectivity index (χ0v) is 11.3. The average Bonchev–Trinajstić information content (AvgIpc) is 2.24. The summed E-state index contributed by atoms with van der Waals surface area (Å²) in [5.41, 5.74) is 0. The number of piperidine rings is 1. The smallest absolute Gasteiger partial charge is 0.274 e. The average molecular weight is 284 g/mol. The molecule has 2 unspecified atom stereocenters. The van der Waals surface area contributed by atoms with Crippen LogP contribution in [0.3, 0.4) is 0 Å². The molecule has 0 bridgehead atoms. The summed E-state index contributed by atoms with van der Waals surface area (Å²) in [7, 11) is -3.66. The van der Waals surface area contributed by atoms with E-state index in [-0.39, 0.29) is 18.4 Å². The molecule has 6 nitrogen and oxygen atoms in total. The van der Waals surface area contributed by atoms with Crippen LogP contribution >= 0.6 is 11.6 Å².